The second-order valence-electron chi connectivity index (χ2n) is 7.56. The SMILES string of the molecule is O=C([C@H]1CCCO1)N(CCc1c[nH]c2ccccc12)Cc1ccc2c(c1)OCO2. The number of nitrogens with one attached hydrogen (secondary N) is 1. The Bertz CT molecular complexity index is 1020. The van der Waals surface area contributed by atoms with Gasteiger partial charge in [-0.2, -0.15) is 0 Å². The van der Waals surface area contributed by atoms with Gasteiger partial charge in [-0.3, -0.25) is 4.79 Å². The van der Waals surface area contributed by atoms with Gasteiger partial charge in [0, 0.05) is 36.8 Å². The molecule has 1 N–H and O–H groups in total. The standard InChI is InChI=1S/C23H24N2O4/c26-23(21-6-3-11-27-21)25(14-16-7-8-20-22(12-16)29-15-28-20)10-9-17-13-24-19-5-2-1-4-18(17)19/h1-2,4-5,7-8,12-13,21,24H,3,6,9-11,14-15H2/t21-/m1/s1. The van der Waals surface area contributed by atoms with Crippen LogP contribution in [0, 0.1) is 0 Å². The molecule has 0 aliphatic carbocycles. The number of carbonyl (C=O) groups is 1. The Balaban J connectivity index is 1.35. The molecule has 29 heavy (non-hydrogen) atoms. The van der Waals surface area contributed by atoms with Gasteiger partial charge in [0.15, 0.2) is 11.5 Å². The summed E-state index contributed by atoms with van der Waals surface area (Å²) in [5, 5.41) is 1.21. The smallest absolute Gasteiger partial charge is 0.252 e. The van der Waals surface area contributed by atoms with Gasteiger partial charge >= 0.3 is 0 Å². The lowest BCUT2D eigenvalue weighted by Crippen LogP contribution is -2.39. The first-order valence-corrected chi connectivity index (χ1v) is 10.1. The highest BCUT2D eigenvalue weighted by Crippen LogP contribution is 2.33. The number of aromatic nitrogens is 1. The zero-order valence-electron chi connectivity index (χ0n) is 16.2. The Labute approximate surface area is 169 Å². The van der Waals surface area contributed by atoms with Gasteiger partial charge in [-0.1, -0.05) is 24.3 Å². The van der Waals surface area contributed by atoms with Crippen LogP contribution in [0.5, 0.6) is 11.5 Å². The van der Waals surface area contributed by atoms with Gasteiger partial charge in [0.05, 0.1) is 0 Å². The highest BCUT2D eigenvalue weighted by molar-refractivity contribution is 5.83. The maximum atomic E-state index is 13.1. The van der Waals surface area contributed by atoms with Crippen LogP contribution in [0.25, 0.3) is 10.9 Å². The maximum absolute atomic E-state index is 13.1. The highest BCUT2D eigenvalue weighted by Gasteiger charge is 2.28. The Hall–Kier alpha value is -2.99. The summed E-state index contributed by atoms with van der Waals surface area (Å²) in [6.45, 7) is 2.07. The quantitative estimate of drug-likeness (QED) is 0.696. The number of fused-ring (bicyclic) bond motifs is 2. The molecule has 3 aromatic rings. The van der Waals surface area contributed by atoms with Crippen molar-refractivity contribution in [1.82, 2.24) is 9.88 Å². The molecule has 2 aromatic carbocycles. The minimum Gasteiger partial charge on any atom is -0.454 e. The monoisotopic (exact) mass is 392 g/mol. The minimum atomic E-state index is -0.327. The van der Waals surface area contributed by atoms with Crippen molar-refractivity contribution >= 4 is 16.8 Å². The van der Waals surface area contributed by atoms with Crippen LogP contribution in [0.4, 0.5) is 0 Å². The molecule has 0 saturated carbocycles. The number of para-hydroxylation sites is 1. The van der Waals surface area contributed by atoms with E-state index in [4.69, 9.17) is 14.2 Å². The average Bonchev–Trinajstić information content (AvgIpc) is 3.51. The summed E-state index contributed by atoms with van der Waals surface area (Å²) < 4.78 is 16.6. The van der Waals surface area contributed by atoms with E-state index in [9.17, 15) is 4.79 Å². The van der Waals surface area contributed by atoms with Gasteiger partial charge in [-0.15, -0.1) is 0 Å². The second kappa shape index (κ2) is 7.79. The van der Waals surface area contributed by atoms with Crippen molar-refractivity contribution in [3.8, 4) is 11.5 Å². The second-order valence-corrected chi connectivity index (χ2v) is 7.56. The molecule has 150 valence electrons. The van der Waals surface area contributed by atoms with Crippen LogP contribution >= 0.6 is 0 Å². The van der Waals surface area contributed by atoms with E-state index < -0.39 is 0 Å². The van der Waals surface area contributed by atoms with Crippen molar-refractivity contribution in [1.29, 1.82) is 0 Å². The molecular weight excluding hydrogens is 368 g/mol. The highest BCUT2D eigenvalue weighted by atomic mass is 16.7. The molecule has 1 saturated heterocycles. The third kappa shape index (κ3) is 3.68. The normalized spacial score (nSPS) is 17.7. The number of aromatic amines is 1. The number of hydrogen-bond donors (Lipinski definition) is 1. The summed E-state index contributed by atoms with van der Waals surface area (Å²) in [4.78, 5) is 18.4. The Morgan fingerprint density at radius 3 is 2.93 bits per heavy atom. The van der Waals surface area contributed by atoms with E-state index in [1.807, 2.05) is 41.4 Å². The molecule has 3 heterocycles. The van der Waals surface area contributed by atoms with Gasteiger partial charge in [-0.05, 0) is 48.6 Å². The lowest BCUT2D eigenvalue weighted by atomic mass is 10.1. The fraction of sp³-hybridized carbons (Fsp3) is 0.348. The summed E-state index contributed by atoms with van der Waals surface area (Å²) in [6.07, 6.45) is 4.24. The van der Waals surface area contributed by atoms with Gasteiger partial charge in [-0.25, -0.2) is 0 Å². The molecule has 1 aromatic heterocycles. The van der Waals surface area contributed by atoms with E-state index in [-0.39, 0.29) is 18.8 Å². The molecule has 0 spiro atoms. The molecule has 5 rings (SSSR count). The first kappa shape index (κ1) is 18.1. The van der Waals surface area contributed by atoms with Crippen LogP contribution in [0.3, 0.4) is 0 Å². The molecule has 1 amide bonds. The Kier molecular flexibility index (Phi) is 4.86. The van der Waals surface area contributed by atoms with Crippen molar-refractivity contribution in [2.45, 2.75) is 31.9 Å². The first-order valence-electron chi connectivity index (χ1n) is 10.1. The molecule has 2 aliphatic heterocycles. The summed E-state index contributed by atoms with van der Waals surface area (Å²) in [5.74, 6) is 1.56. The molecule has 0 unspecified atom stereocenters. The topological polar surface area (TPSA) is 63.8 Å². The lowest BCUT2D eigenvalue weighted by molar-refractivity contribution is -0.141. The number of rotatable bonds is 6. The van der Waals surface area contributed by atoms with Crippen LogP contribution in [0.2, 0.25) is 0 Å². The van der Waals surface area contributed by atoms with Crippen LogP contribution in [0.15, 0.2) is 48.7 Å². The number of carbonyl (C=O) groups excluding carboxylic acids is 1. The van der Waals surface area contributed by atoms with Gasteiger partial charge in [0.25, 0.3) is 5.91 Å². The number of nitrogens with zero attached hydrogens (tertiary/aromatic N) is 1. The molecule has 6 heteroatoms. The lowest BCUT2D eigenvalue weighted by Gasteiger charge is -2.25. The van der Waals surface area contributed by atoms with Crippen molar-refractivity contribution in [3.05, 3.63) is 59.8 Å². The molecule has 0 bridgehead atoms. The fourth-order valence-corrected chi connectivity index (χ4v) is 4.10. The predicted octanol–water partition coefficient (Wildman–Crippen LogP) is 3.65. The van der Waals surface area contributed by atoms with E-state index in [2.05, 4.69) is 17.1 Å². The van der Waals surface area contributed by atoms with E-state index in [1.165, 1.54) is 10.9 Å². The van der Waals surface area contributed by atoms with E-state index in [0.29, 0.717) is 19.7 Å². The zero-order chi connectivity index (χ0) is 19.6. The summed E-state index contributed by atoms with van der Waals surface area (Å²) >= 11 is 0. The minimum absolute atomic E-state index is 0.0695. The summed E-state index contributed by atoms with van der Waals surface area (Å²) in [6, 6.07) is 14.1. The molecule has 2 aliphatic rings. The largest absolute Gasteiger partial charge is 0.454 e. The predicted molar refractivity (Wildman–Crippen MR) is 109 cm³/mol. The van der Waals surface area contributed by atoms with Crippen LogP contribution in [-0.2, 0) is 22.5 Å². The molecule has 1 fully saturated rings. The number of hydrogen-bond acceptors (Lipinski definition) is 4. The summed E-state index contributed by atoms with van der Waals surface area (Å²) in [5.41, 5.74) is 3.37. The molecule has 1 atom stereocenters. The van der Waals surface area contributed by atoms with Gasteiger partial charge in [0.1, 0.15) is 6.10 Å². The van der Waals surface area contributed by atoms with Crippen LogP contribution in [-0.4, -0.2) is 41.8 Å². The maximum Gasteiger partial charge on any atom is 0.252 e. The Morgan fingerprint density at radius 1 is 1.14 bits per heavy atom. The van der Waals surface area contributed by atoms with Gasteiger partial charge < -0.3 is 24.1 Å². The van der Waals surface area contributed by atoms with E-state index in [1.54, 1.807) is 0 Å². The zero-order valence-corrected chi connectivity index (χ0v) is 16.2. The number of benzene rings is 2. The average molecular weight is 392 g/mol. The molecule has 6 nitrogen and oxygen atoms in total. The summed E-state index contributed by atoms with van der Waals surface area (Å²) in [7, 11) is 0. The van der Waals surface area contributed by atoms with Gasteiger partial charge in [0.2, 0.25) is 6.79 Å². The number of H-pyrrole nitrogens is 1. The number of amides is 1. The van der Waals surface area contributed by atoms with Crippen molar-refractivity contribution in [2.24, 2.45) is 0 Å². The van der Waals surface area contributed by atoms with Crippen LogP contribution in [0.1, 0.15) is 24.0 Å². The van der Waals surface area contributed by atoms with E-state index >= 15 is 0 Å². The van der Waals surface area contributed by atoms with Crippen LogP contribution < -0.4 is 9.47 Å². The van der Waals surface area contributed by atoms with Crippen molar-refractivity contribution < 1.29 is 19.0 Å². The first-order chi connectivity index (χ1) is 14.3. The number of ether oxygens (including phenoxy) is 3. The Morgan fingerprint density at radius 2 is 2.03 bits per heavy atom. The third-order valence-electron chi connectivity index (χ3n) is 5.65. The molecular formula is C23H24N2O4. The third-order valence-corrected chi connectivity index (χ3v) is 5.65. The van der Waals surface area contributed by atoms with E-state index in [0.717, 1.165) is 41.8 Å². The fourth-order valence-electron chi connectivity index (χ4n) is 4.10. The van der Waals surface area contributed by atoms with Crippen molar-refractivity contribution in [3.63, 3.8) is 0 Å². The molecule has 0 radical (unpaired) electrons. The van der Waals surface area contributed by atoms with Crippen molar-refractivity contribution in [2.75, 3.05) is 19.9 Å².